The number of fused-ring (bicyclic) bond motifs is 1. The lowest BCUT2D eigenvalue weighted by Crippen LogP contribution is -2.27. The maximum Gasteiger partial charge on any atom is 0.250 e. The summed E-state index contributed by atoms with van der Waals surface area (Å²) in [7, 11) is 0. The van der Waals surface area contributed by atoms with Gasteiger partial charge >= 0.3 is 0 Å². The molecule has 0 radical (unpaired) electrons. The number of carbonyl (C=O) groups excluding carboxylic acids is 2. The summed E-state index contributed by atoms with van der Waals surface area (Å²) in [5.74, 6) is -0.279. The van der Waals surface area contributed by atoms with E-state index in [0.29, 0.717) is 24.2 Å². The van der Waals surface area contributed by atoms with Crippen molar-refractivity contribution in [2.45, 2.75) is 40.2 Å². The van der Waals surface area contributed by atoms with E-state index in [1.807, 2.05) is 55.5 Å². The van der Waals surface area contributed by atoms with Crippen molar-refractivity contribution in [3.05, 3.63) is 82.7 Å². The summed E-state index contributed by atoms with van der Waals surface area (Å²) in [5, 5.41) is 3.36. The molecule has 1 aliphatic rings. The van der Waals surface area contributed by atoms with Gasteiger partial charge in [0.1, 0.15) is 0 Å². The van der Waals surface area contributed by atoms with Gasteiger partial charge in [0.05, 0.1) is 5.56 Å². The first-order chi connectivity index (χ1) is 14.2. The fourth-order valence-corrected chi connectivity index (χ4v) is 4.34. The fourth-order valence-electron chi connectivity index (χ4n) is 4.34. The highest BCUT2D eigenvalue weighted by Gasteiger charge is 2.34. The minimum Gasteiger partial charge on any atom is -0.380 e. The Kier molecular flexibility index (Phi) is 4.98. The van der Waals surface area contributed by atoms with Crippen LogP contribution in [0.5, 0.6) is 0 Å². The van der Waals surface area contributed by atoms with Gasteiger partial charge < -0.3 is 15.6 Å². The smallest absolute Gasteiger partial charge is 0.250 e. The molecule has 2 aromatic carbocycles. The van der Waals surface area contributed by atoms with Gasteiger partial charge in [-0.25, -0.2) is 0 Å². The highest BCUT2D eigenvalue weighted by atomic mass is 16.1. The summed E-state index contributed by atoms with van der Waals surface area (Å²) >= 11 is 0. The number of carbonyl (C=O) groups is 2. The second-order valence-electron chi connectivity index (χ2n) is 8.86. The molecule has 1 heterocycles. The summed E-state index contributed by atoms with van der Waals surface area (Å²) in [5.41, 5.74) is 11.6. The highest BCUT2D eigenvalue weighted by molar-refractivity contribution is 6.00. The number of hydrogen-bond donors (Lipinski definition) is 2. The van der Waals surface area contributed by atoms with Gasteiger partial charge in [0, 0.05) is 41.3 Å². The Bertz CT molecular complexity index is 1130. The van der Waals surface area contributed by atoms with E-state index < -0.39 is 5.91 Å². The highest BCUT2D eigenvalue weighted by Crippen LogP contribution is 2.38. The molecular weight excluding hydrogens is 374 g/mol. The first-order valence-corrected chi connectivity index (χ1v) is 10.2. The van der Waals surface area contributed by atoms with Crippen LogP contribution in [-0.4, -0.2) is 16.3 Å². The van der Waals surface area contributed by atoms with Crippen molar-refractivity contribution >= 4 is 17.4 Å². The molecule has 4 rings (SSSR count). The molecular formula is C25H27N3O2. The van der Waals surface area contributed by atoms with Crippen molar-refractivity contribution < 1.29 is 9.59 Å². The number of ketones is 1. The number of amides is 1. The number of primary amides is 1. The Morgan fingerprint density at radius 3 is 2.53 bits per heavy atom. The molecule has 3 aromatic rings. The Hall–Kier alpha value is -3.34. The number of nitrogens with one attached hydrogen (secondary N) is 1. The lowest BCUT2D eigenvalue weighted by molar-refractivity contribution is 0.0910. The molecule has 0 fully saturated rings. The molecule has 154 valence electrons. The van der Waals surface area contributed by atoms with Gasteiger partial charge in [-0.1, -0.05) is 44.2 Å². The standard InChI is InChI=1S/C25H27N3O2/c1-16-11-20-22(13-25(2,3)14-23(20)29)28(16)18-9-10-19(24(26)30)21(12-18)27-15-17-7-5-4-6-8-17/h4-12,27H,13-15H2,1-3H3,(H2,26,30). The van der Waals surface area contributed by atoms with E-state index in [0.717, 1.165) is 34.6 Å². The average molecular weight is 402 g/mol. The third-order valence-electron chi connectivity index (χ3n) is 5.72. The molecule has 0 bridgehead atoms. The van der Waals surface area contributed by atoms with Crippen LogP contribution in [-0.2, 0) is 13.0 Å². The number of benzene rings is 2. The van der Waals surface area contributed by atoms with Gasteiger partial charge in [0.15, 0.2) is 5.78 Å². The molecule has 1 amide bonds. The van der Waals surface area contributed by atoms with E-state index in [1.165, 1.54) is 0 Å². The number of nitrogens with zero attached hydrogens (tertiary/aromatic N) is 1. The number of Topliss-reactive ketones (excluding diaryl/α,β-unsaturated/α-hetero) is 1. The van der Waals surface area contributed by atoms with Crippen LogP contribution in [0.4, 0.5) is 5.69 Å². The molecule has 0 saturated carbocycles. The van der Waals surface area contributed by atoms with Crippen molar-refractivity contribution in [2.75, 3.05) is 5.32 Å². The molecule has 0 saturated heterocycles. The predicted octanol–water partition coefficient (Wildman–Crippen LogP) is 4.65. The summed E-state index contributed by atoms with van der Waals surface area (Å²) in [6.45, 7) is 6.85. The number of hydrogen-bond acceptors (Lipinski definition) is 3. The molecule has 0 spiro atoms. The van der Waals surface area contributed by atoms with Crippen molar-refractivity contribution in [1.82, 2.24) is 4.57 Å². The summed E-state index contributed by atoms with van der Waals surface area (Å²) in [6, 6.07) is 17.6. The monoisotopic (exact) mass is 401 g/mol. The summed E-state index contributed by atoms with van der Waals surface area (Å²) in [6.07, 6.45) is 1.39. The fraction of sp³-hybridized carbons (Fsp3) is 0.280. The molecule has 0 atom stereocenters. The van der Waals surface area contributed by atoms with Gasteiger partial charge in [0.25, 0.3) is 5.91 Å². The largest absolute Gasteiger partial charge is 0.380 e. The number of anilines is 1. The second kappa shape index (κ2) is 7.48. The molecule has 5 heteroatoms. The van der Waals surface area contributed by atoms with Crippen molar-refractivity contribution in [3.63, 3.8) is 0 Å². The number of aryl methyl sites for hydroxylation is 1. The van der Waals surface area contributed by atoms with Crippen molar-refractivity contribution in [3.8, 4) is 5.69 Å². The quantitative estimate of drug-likeness (QED) is 0.653. The first kappa shape index (κ1) is 20.0. The number of aromatic nitrogens is 1. The minimum absolute atomic E-state index is 0.0752. The Labute approximate surface area is 176 Å². The van der Waals surface area contributed by atoms with Gasteiger partial charge in [-0.05, 0) is 48.6 Å². The van der Waals surface area contributed by atoms with Gasteiger partial charge in [-0.15, -0.1) is 0 Å². The van der Waals surface area contributed by atoms with Crippen LogP contribution in [0.3, 0.4) is 0 Å². The molecule has 1 aromatic heterocycles. The van der Waals surface area contributed by atoms with E-state index in [-0.39, 0.29) is 11.2 Å². The summed E-state index contributed by atoms with van der Waals surface area (Å²) in [4.78, 5) is 24.7. The van der Waals surface area contributed by atoms with Crippen molar-refractivity contribution in [1.29, 1.82) is 0 Å². The molecule has 5 nitrogen and oxygen atoms in total. The third-order valence-corrected chi connectivity index (χ3v) is 5.72. The first-order valence-electron chi connectivity index (χ1n) is 10.2. The zero-order chi connectivity index (χ0) is 21.5. The van der Waals surface area contributed by atoms with Gasteiger partial charge in [-0.2, -0.15) is 0 Å². The predicted molar refractivity (Wildman–Crippen MR) is 119 cm³/mol. The zero-order valence-corrected chi connectivity index (χ0v) is 17.7. The van der Waals surface area contributed by atoms with Gasteiger partial charge in [-0.3, -0.25) is 9.59 Å². The molecule has 3 N–H and O–H groups in total. The van der Waals surface area contributed by atoms with E-state index in [1.54, 1.807) is 6.07 Å². The lowest BCUT2D eigenvalue weighted by atomic mass is 9.76. The van der Waals surface area contributed by atoms with Crippen LogP contribution in [0.1, 0.15) is 57.9 Å². The maximum atomic E-state index is 12.7. The number of nitrogens with two attached hydrogens (primary N) is 1. The van der Waals surface area contributed by atoms with E-state index in [4.69, 9.17) is 5.73 Å². The lowest BCUT2D eigenvalue weighted by Gasteiger charge is -2.30. The zero-order valence-electron chi connectivity index (χ0n) is 17.7. The van der Waals surface area contributed by atoms with Crippen molar-refractivity contribution in [2.24, 2.45) is 11.1 Å². The van der Waals surface area contributed by atoms with Crippen LogP contribution in [0.15, 0.2) is 54.6 Å². The van der Waals surface area contributed by atoms with Crippen LogP contribution in [0.2, 0.25) is 0 Å². The van der Waals surface area contributed by atoms with Crippen LogP contribution in [0.25, 0.3) is 5.69 Å². The van der Waals surface area contributed by atoms with Crippen LogP contribution in [0, 0.1) is 12.3 Å². The second-order valence-corrected chi connectivity index (χ2v) is 8.86. The van der Waals surface area contributed by atoms with E-state index in [9.17, 15) is 9.59 Å². The molecule has 0 unspecified atom stereocenters. The summed E-state index contributed by atoms with van der Waals surface area (Å²) < 4.78 is 2.13. The Morgan fingerprint density at radius 1 is 1.10 bits per heavy atom. The average Bonchev–Trinajstić information content (AvgIpc) is 3.02. The molecule has 0 aliphatic heterocycles. The van der Waals surface area contributed by atoms with E-state index >= 15 is 0 Å². The van der Waals surface area contributed by atoms with Crippen LogP contribution >= 0.6 is 0 Å². The molecule has 30 heavy (non-hydrogen) atoms. The van der Waals surface area contributed by atoms with Crippen LogP contribution < -0.4 is 11.1 Å². The Morgan fingerprint density at radius 2 is 1.83 bits per heavy atom. The third kappa shape index (κ3) is 3.75. The SMILES string of the molecule is Cc1cc2c(n1-c1ccc(C(N)=O)c(NCc3ccccc3)c1)CC(C)(C)CC2=O. The number of rotatable bonds is 5. The normalized spacial score (nSPS) is 15.0. The Balaban J connectivity index is 1.76. The van der Waals surface area contributed by atoms with E-state index in [2.05, 4.69) is 23.7 Å². The molecule has 1 aliphatic carbocycles. The minimum atomic E-state index is -0.473. The van der Waals surface area contributed by atoms with Gasteiger partial charge in [0.2, 0.25) is 0 Å². The maximum absolute atomic E-state index is 12.7. The topological polar surface area (TPSA) is 77.1 Å².